The number of nitrogens with zero attached hydrogens (tertiary/aromatic N) is 3. The van der Waals surface area contributed by atoms with Crippen LogP contribution in [-0.4, -0.2) is 21.8 Å². The first kappa shape index (κ1) is 16.5. The van der Waals surface area contributed by atoms with Gasteiger partial charge in [0.2, 0.25) is 5.91 Å². The molecule has 0 atom stereocenters. The van der Waals surface area contributed by atoms with Gasteiger partial charge in [0.1, 0.15) is 17.6 Å². The van der Waals surface area contributed by atoms with Crippen molar-refractivity contribution in [2.75, 3.05) is 5.32 Å². The molecule has 23 heavy (non-hydrogen) atoms. The Balaban J connectivity index is 2.07. The maximum absolute atomic E-state index is 11.6. The number of carbonyl (C=O) groups excluding carboxylic acids is 1. The molecule has 0 radical (unpaired) electrons. The minimum Gasteiger partial charge on any atom is -0.340 e. The van der Waals surface area contributed by atoms with Crippen LogP contribution in [0.3, 0.4) is 0 Å². The number of benzene rings is 1. The highest BCUT2D eigenvalue weighted by molar-refractivity contribution is 5.73. The van der Waals surface area contributed by atoms with Crippen LogP contribution in [0, 0.1) is 11.3 Å². The van der Waals surface area contributed by atoms with Crippen LogP contribution in [0.5, 0.6) is 0 Å². The third-order valence-corrected chi connectivity index (χ3v) is 3.47. The lowest BCUT2D eigenvalue weighted by Gasteiger charge is -2.25. The Labute approximate surface area is 136 Å². The van der Waals surface area contributed by atoms with Crippen LogP contribution in [0.1, 0.15) is 32.0 Å². The lowest BCUT2D eigenvalue weighted by molar-refractivity contribution is -0.131. The number of pyridine rings is 1. The van der Waals surface area contributed by atoms with Gasteiger partial charge in [-0.25, -0.2) is 4.98 Å². The van der Waals surface area contributed by atoms with E-state index in [4.69, 9.17) is 5.26 Å². The Morgan fingerprint density at radius 1 is 1.26 bits per heavy atom. The summed E-state index contributed by atoms with van der Waals surface area (Å²) in [5.41, 5.74) is 2.33. The summed E-state index contributed by atoms with van der Waals surface area (Å²) in [6.07, 6.45) is 0. The van der Waals surface area contributed by atoms with E-state index >= 15 is 0 Å². The van der Waals surface area contributed by atoms with Crippen molar-refractivity contribution in [3.8, 4) is 6.07 Å². The van der Waals surface area contributed by atoms with E-state index in [0.717, 1.165) is 11.3 Å². The second kappa shape index (κ2) is 7.41. The summed E-state index contributed by atoms with van der Waals surface area (Å²) >= 11 is 0. The molecule has 0 aliphatic heterocycles. The largest absolute Gasteiger partial charge is 0.340 e. The number of anilines is 2. The van der Waals surface area contributed by atoms with Crippen LogP contribution >= 0.6 is 0 Å². The van der Waals surface area contributed by atoms with Gasteiger partial charge in [-0.05, 0) is 43.7 Å². The van der Waals surface area contributed by atoms with Gasteiger partial charge in [0, 0.05) is 25.2 Å². The average molecular weight is 308 g/mol. The van der Waals surface area contributed by atoms with E-state index in [-0.39, 0.29) is 11.9 Å². The van der Waals surface area contributed by atoms with Crippen molar-refractivity contribution in [1.82, 2.24) is 9.88 Å². The second-order valence-corrected chi connectivity index (χ2v) is 5.58. The van der Waals surface area contributed by atoms with Crippen LogP contribution < -0.4 is 5.32 Å². The summed E-state index contributed by atoms with van der Waals surface area (Å²) in [5, 5.41) is 12.0. The van der Waals surface area contributed by atoms with Gasteiger partial charge in [-0.1, -0.05) is 18.2 Å². The Morgan fingerprint density at radius 3 is 2.52 bits per heavy atom. The minimum atomic E-state index is 0.0692. The van der Waals surface area contributed by atoms with E-state index in [1.165, 1.54) is 0 Å². The molecule has 0 saturated heterocycles. The number of rotatable bonds is 5. The third kappa shape index (κ3) is 4.55. The fourth-order valence-electron chi connectivity index (χ4n) is 2.26. The maximum atomic E-state index is 11.6. The molecule has 1 aromatic carbocycles. The molecule has 0 fully saturated rings. The highest BCUT2D eigenvalue weighted by Gasteiger charge is 2.12. The number of nitrogens with one attached hydrogen (secondary N) is 1. The molecule has 118 valence electrons. The van der Waals surface area contributed by atoms with Gasteiger partial charge in [0.25, 0.3) is 0 Å². The molecule has 2 rings (SSSR count). The van der Waals surface area contributed by atoms with Crippen LogP contribution in [0.4, 0.5) is 11.5 Å². The summed E-state index contributed by atoms with van der Waals surface area (Å²) in [5.74, 6) is 0.698. The van der Waals surface area contributed by atoms with Gasteiger partial charge in [-0.15, -0.1) is 0 Å². The number of aromatic nitrogens is 1. The fraction of sp³-hybridized carbons (Fsp3) is 0.278. The SMILES string of the molecule is CC(=O)N(Cc1ccc(Nc2cccc(C#N)n2)cc1)C(C)C. The van der Waals surface area contributed by atoms with Crippen molar-refractivity contribution in [2.24, 2.45) is 0 Å². The highest BCUT2D eigenvalue weighted by Crippen LogP contribution is 2.17. The van der Waals surface area contributed by atoms with Gasteiger partial charge in [-0.2, -0.15) is 5.26 Å². The summed E-state index contributed by atoms with van der Waals surface area (Å²) < 4.78 is 0. The molecule has 5 nitrogen and oxygen atoms in total. The summed E-state index contributed by atoms with van der Waals surface area (Å²) in [6, 6.07) is 15.3. The normalized spacial score (nSPS) is 10.2. The second-order valence-electron chi connectivity index (χ2n) is 5.58. The minimum absolute atomic E-state index is 0.0692. The van der Waals surface area contributed by atoms with Crippen LogP contribution in [0.25, 0.3) is 0 Å². The fourth-order valence-corrected chi connectivity index (χ4v) is 2.26. The number of amides is 1. The lowest BCUT2D eigenvalue weighted by atomic mass is 10.1. The van der Waals surface area contributed by atoms with Gasteiger partial charge in [0.15, 0.2) is 0 Å². The van der Waals surface area contributed by atoms with Crippen molar-refractivity contribution >= 4 is 17.4 Å². The van der Waals surface area contributed by atoms with Crippen LogP contribution in [0.15, 0.2) is 42.5 Å². The maximum Gasteiger partial charge on any atom is 0.219 e. The zero-order valence-electron chi connectivity index (χ0n) is 13.6. The first-order valence-electron chi connectivity index (χ1n) is 7.50. The molecule has 0 aliphatic carbocycles. The van der Waals surface area contributed by atoms with Gasteiger partial charge < -0.3 is 10.2 Å². The Hall–Kier alpha value is -2.87. The van der Waals surface area contributed by atoms with Gasteiger partial charge in [0.05, 0.1) is 0 Å². The molecule has 1 aromatic heterocycles. The monoisotopic (exact) mass is 308 g/mol. The number of carbonyl (C=O) groups is 1. The molecule has 0 unspecified atom stereocenters. The van der Waals surface area contributed by atoms with E-state index in [1.54, 1.807) is 19.1 Å². The van der Waals surface area contributed by atoms with Gasteiger partial charge in [-0.3, -0.25) is 4.79 Å². The van der Waals surface area contributed by atoms with Crippen molar-refractivity contribution in [2.45, 2.75) is 33.4 Å². The Kier molecular flexibility index (Phi) is 5.32. The lowest BCUT2D eigenvalue weighted by Crippen LogP contribution is -2.34. The molecular weight excluding hydrogens is 288 g/mol. The van der Waals surface area contributed by atoms with Gasteiger partial charge >= 0.3 is 0 Å². The van der Waals surface area contributed by atoms with E-state index in [9.17, 15) is 4.79 Å². The molecule has 1 N–H and O–H groups in total. The molecule has 0 bridgehead atoms. The zero-order chi connectivity index (χ0) is 16.8. The van der Waals surface area contributed by atoms with Crippen molar-refractivity contribution in [3.63, 3.8) is 0 Å². The number of hydrogen-bond acceptors (Lipinski definition) is 4. The van der Waals surface area contributed by atoms with E-state index < -0.39 is 0 Å². The molecule has 1 heterocycles. The molecule has 1 amide bonds. The van der Waals surface area contributed by atoms with Crippen molar-refractivity contribution < 1.29 is 4.79 Å². The first-order valence-corrected chi connectivity index (χ1v) is 7.50. The van der Waals surface area contributed by atoms with E-state index in [2.05, 4.69) is 10.3 Å². The summed E-state index contributed by atoms with van der Waals surface area (Å²) in [7, 11) is 0. The van der Waals surface area contributed by atoms with E-state index in [1.807, 2.05) is 55.1 Å². The molecule has 0 spiro atoms. The van der Waals surface area contributed by atoms with Crippen LogP contribution in [-0.2, 0) is 11.3 Å². The Morgan fingerprint density at radius 2 is 1.96 bits per heavy atom. The summed E-state index contributed by atoms with van der Waals surface area (Å²) in [6.45, 7) is 6.19. The average Bonchev–Trinajstić information content (AvgIpc) is 2.53. The smallest absolute Gasteiger partial charge is 0.219 e. The number of nitriles is 1. The molecule has 0 saturated carbocycles. The first-order chi connectivity index (χ1) is 11.0. The van der Waals surface area contributed by atoms with Crippen molar-refractivity contribution in [1.29, 1.82) is 5.26 Å². The standard InChI is InChI=1S/C18H20N4O/c1-13(2)22(14(3)23)12-15-7-9-16(10-8-15)20-18-6-4-5-17(11-19)21-18/h4-10,13H,12H2,1-3H3,(H,20,21). The highest BCUT2D eigenvalue weighted by atomic mass is 16.2. The Bertz CT molecular complexity index is 717. The molecule has 2 aromatic rings. The van der Waals surface area contributed by atoms with Crippen molar-refractivity contribution in [3.05, 3.63) is 53.7 Å². The topological polar surface area (TPSA) is 69.0 Å². The summed E-state index contributed by atoms with van der Waals surface area (Å²) in [4.78, 5) is 17.6. The molecule has 5 heteroatoms. The third-order valence-electron chi connectivity index (χ3n) is 3.47. The quantitative estimate of drug-likeness (QED) is 0.918. The predicted octanol–water partition coefficient (Wildman–Crippen LogP) is 3.45. The predicted molar refractivity (Wildman–Crippen MR) is 90.0 cm³/mol. The van der Waals surface area contributed by atoms with Crippen LogP contribution in [0.2, 0.25) is 0 Å². The number of hydrogen-bond donors (Lipinski definition) is 1. The van der Waals surface area contributed by atoms with E-state index in [0.29, 0.717) is 18.1 Å². The zero-order valence-corrected chi connectivity index (χ0v) is 13.6. The molecule has 0 aliphatic rings. The molecular formula is C18H20N4O.